The molecule has 1 fully saturated rings. The van der Waals surface area contributed by atoms with Gasteiger partial charge < -0.3 is 4.90 Å². The zero-order chi connectivity index (χ0) is 10.8. The van der Waals surface area contributed by atoms with Crippen molar-refractivity contribution in [3.8, 4) is 0 Å². The normalized spacial score (nSPS) is 18.3. The minimum atomic E-state index is 1.02. The molecule has 2 nitrogen and oxygen atoms in total. The lowest BCUT2D eigenvalue weighted by molar-refractivity contribution is 0.446. The maximum absolute atomic E-state index is 4.51. The number of hydrogen-bond acceptors (Lipinski definition) is 1. The summed E-state index contributed by atoms with van der Waals surface area (Å²) in [5.74, 6) is 0. The first-order chi connectivity index (χ1) is 7.43. The third-order valence-electron chi connectivity index (χ3n) is 3.03. The monoisotopic (exact) mass is 210 g/mol. The van der Waals surface area contributed by atoms with Crippen LogP contribution in [0.25, 0.3) is 0 Å². The average molecular weight is 210 g/mol. The molecule has 0 aromatic rings. The molecule has 15 heavy (non-hydrogen) atoms. The lowest BCUT2D eigenvalue weighted by atomic mass is 10.2. The predicted molar refractivity (Wildman–Crippen MR) is 67.5 cm³/mol. The van der Waals surface area contributed by atoms with Crippen LogP contribution in [0.1, 0.15) is 58.3 Å². The second-order valence-electron chi connectivity index (χ2n) is 4.53. The highest BCUT2D eigenvalue weighted by Gasteiger charge is 2.04. The van der Waals surface area contributed by atoms with Gasteiger partial charge in [-0.1, -0.05) is 39.0 Å². The first kappa shape index (κ1) is 12.5. The van der Waals surface area contributed by atoms with Crippen LogP contribution < -0.4 is 0 Å². The molecule has 1 aliphatic heterocycles. The summed E-state index contributed by atoms with van der Waals surface area (Å²) in [4.78, 5) is 6.91. The van der Waals surface area contributed by atoms with Crippen LogP contribution in [-0.4, -0.2) is 30.9 Å². The Morgan fingerprint density at radius 2 is 1.73 bits per heavy atom. The van der Waals surface area contributed by atoms with Crippen LogP contribution in [0.5, 0.6) is 0 Å². The summed E-state index contributed by atoms with van der Waals surface area (Å²) in [5, 5.41) is 0. The highest BCUT2D eigenvalue weighted by molar-refractivity contribution is 5.54. The second-order valence-corrected chi connectivity index (χ2v) is 4.53. The fourth-order valence-corrected chi connectivity index (χ4v) is 2.01. The van der Waals surface area contributed by atoms with Gasteiger partial charge in [0.25, 0.3) is 0 Å². The molecular formula is C13H26N2. The maximum Gasteiger partial charge on any atom is 0.0849 e. The zero-order valence-electron chi connectivity index (χ0n) is 10.2. The van der Waals surface area contributed by atoms with E-state index in [1.54, 1.807) is 0 Å². The van der Waals surface area contributed by atoms with Crippen molar-refractivity contribution in [3.63, 3.8) is 0 Å². The minimum absolute atomic E-state index is 1.02. The largest absolute Gasteiger partial charge is 0.363 e. The molecule has 0 N–H and O–H groups in total. The van der Waals surface area contributed by atoms with Gasteiger partial charge in [0.2, 0.25) is 0 Å². The third-order valence-corrected chi connectivity index (χ3v) is 3.03. The van der Waals surface area contributed by atoms with Crippen molar-refractivity contribution in [2.24, 2.45) is 4.99 Å². The van der Waals surface area contributed by atoms with Gasteiger partial charge in [-0.3, -0.25) is 4.99 Å². The van der Waals surface area contributed by atoms with E-state index in [2.05, 4.69) is 23.2 Å². The molecule has 0 amide bonds. The molecule has 0 aromatic carbocycles. The Bertz CT molecular complexity index is 158. The summed E-state index contributed by atoms with van der Waals surface area (Å²) in [5.41, 5.74) is 0. The molecule has 1 saturated heterocycles. The van der Waals surface area contributed by atoms with Crippen molar-refractivity contribution in [2.75, 3.05) is 19.6 Å². The lowest BCUT2D eigenvalue weighted by Crippen LogP contribution is -2.22. The van der Waals surface area contributed by atoms with Gasteiger partial charge in [-0.05, 0) is 19.3 Å². The average Bonchev–Trinajstić information content (AvgIpc) is 2.52. The van der Waals surface area contributed by atoms with Crippen LogP contribution in [0.15, 0.2) is 4.99 Å². The molecular weight excluding hydrogens is 184 g/mol. The van der Waals surface area contributed by atoms with Gasteiger partial charge in [-0.15, -0.1) is 0 Å². The summed E-state index contributed by atoms with van der Waals surface area (Å²) >= 11 is 0. The van der Waals surface area contributed by atoms with Gasteiger partial charge >= 0.3 is 0 Å². The Kier molecular flexibility index (Phi) is 7.32. The van der Waals surface area contributed by atoms with Gasteiger partial charge in [0.15, 0.2) is 0 Å². The van der Waals surface area contributed by atoms with E-state index in [1.807, 2.05) is 0 Å². The molecule has 1 aliphatic rings. The van der Waals surface area contributed by atoms with E-state index >= 15 is 0 Å². The molecule has 0 aliphatic carbocycles. The standard InChI is InChI=1S/C13H26N2/c1-2-3-4-7-10-14-13-15-11-8-5-6-9-12-15/h13H,2-12H2,1H3. The van der Waals surface area contributed by atoms with Gasteiger partial charge in [0, 0.05) is 19.6 Å². The van der Waals surface area contributed by atoms with Crippen LogP contribution in [-0.2, 0) is 0 Å². The van der Waals surface area contributed by atoms with E-state index in [0.717, 1.165) is 6.54 Å². The molecule has 1 heterocycles. The summed E-state index contributed by atoms with van der Waals surface area (Å²) in [6.07, 6.45) is 12.9. The van der Waals surface area contributed by atoms with E-state index in [-0.39, 0.29) is 0 Å². The zero-order valence-corrected chi connectivity index (χ0v) is 10.2. The molecule has 0 aromatic heterocycles. The first-order valence-corrected chi connectivity index (χ1v) is 6.67. The SMILES string of the molecule is CCCCCCN=CN1CCCCCC1. The fraction of sp³-hybridized carbons (Fsp3) is 0.923. The number of hydrogen-bond donors (Lipinski definition) is 0. The topological polar surface area (TPSA) is 15.6 Å². The highest BCUT2D eigenvalue weighted by atomic mass is 15.1. The summed E-state index contributed by atoms with van der Waals surface area (Å²) in [6, 6.07) is 0. The highest BCUT2D eigenvalue weighted by Crippen LogP contribution is 2.07. The van der Waals surface area contributed by atoms with Gasteiger partial charge in [-0.2, -0.15) is 0 Å². The Hall–Kier alpha value is -0.530. The van der Waals surface area contributed by atoms with Crippen molar-refractivity contribution in [1.29, 1.82) is 0 Å². The Morgan fingerprint density at radius 3 is 2.40 bits per heavy atom. The fourth-order valence-electron chi connectivity index (χ4n) is 2.01. The van der Waals surface area contributed by atoms with Crippen LogP contribution in [0.2, 0.25) is 0 Å². The van der Waals surface area contributed by atoms with Crippen molar-refractivity contribution < 1.29 is 0 Å². The molecule has 88 valence electrons. The number of likely N-dealkylation sites (tertiary alicyclic amines) is 1. The van der Waals surface area contributed by atoms with Crippen LogP contribution in [0.3, 0.4) is 0 Å². The van der Waals surface area contributed by atoms with Crippen molar-refractivity contribution in [1.82, 2.24) is 4.90 Å². The van der Waals surface area contributed by atoms with Gasteiger partial charge in [-0.25, -0.2) is 0 Å². The molecule has 2 heteroatoms. The molecule has 0 bridgehead atoms. The third kappa shape index (κ3) is 6.53. The molecule has 0 atom stereocenters. The smallest absolute Gasteiger partial charge is 0.0849 e. The van der Waals surface area contributed by atoms with Gasteiger partial charge in [0.05, 0.1) is 6.34 Å². The van der Waals surface area contributed by atoms with Crippen molar-refractivity contribution in [2.45, 2.75) is 58.3 Å². The Balaban J connectivity index is 2.02. The summed E-state index contributed by atoms with van der Waals surface area (Å²) < 4.78 is 0. The first-order valence-electron chi connectivity index (χ1n) is 6.67. The second kappa shape index (κ2) is 8.75. The number of aliphatic imine (C=N–C) groups is 1. The Labute approximate surface area is 94.8 Å². The number of nitrogens with zero attached hydrogens (tertiary/aromatic N) is 2. The van der Waals surface area contributed by atoms with Crippen LogP contribution in [0.4, 0.5) is 0 Å². The van der Waals surface area contributed by atoms with Crippen LogP contribution in [0, 0.1) is 0 Å². The van der Waals surface area contributed by atoms with Crippen molar-refractivity contribution in [3.05, 3.63) is 0 Å². The van der Waals surface area contributed by atoms with E-state index in [1.165, 1.54) is 64.5 Å². The quantitative estimate of drug-likeness (QED) is 0.372. The van der Waals surface area contributed by atoms with E-state index in [0.29, 0.717) is 0 Å². The number of unbranched alkanes of at least 4 members (excludes halogenated alkanes) is 3. The van der Waals surface area contributed by atoms with E-state index in [4.69, 9.17) is 0 Å². The van der Waals surface area contributed by atoms with Crippen molar-refractivity contribution >= 4 is 6.34 Å². The maximum atomic E-state index is 4.51. The lowest BCUT2D eigenvalue weighted by Gasteiger charge is -2.15. The molecule has 1 rings (SSSR count). The molecule has 0 radical (unpaired) electrons. The van der Waals surface area contributed by atoms with E-state index < -0.39 is 0 Å². The number of rotatable bonds is 6. The molecule has 0 saturated carbocycles. The van der Waals surface area contributed by atoms with E-state index in [9.17, 15) is 0 Å². The minimum Gasteiger partial charge on any atom is -0.363 e. The molecule has 0 spiro atoms. The summed E-state index contributed by atoms with van der Waals surface area (Å²) in [7, 11) is 0. The molecule has 0 unspecified atom stereocenters. The summed E-state index contributed by atoms with van der Waals surface area (Å²) in [6.45, 7) is 5.72. The van der Waals surface area contributed by atoms with Gasteiger partial charge in [0.1, 0.15) is 0 Å². The predicted octanol–water partition coefficient (Wildman–Crippen LogP) is 3.47. The van der Waals surface area contributed by atoms with Crippen LogP contribution >= 0.6 is 0 Å². The Morgan fingerprint density at radius 1 is 1.00 bits per heavy atom.